The third-order valence-corrected chi connectivity index (χ3v) is 1.02. The second-order valence-electron chi connectivity index (χ2n) is 1.74. The Balaban J connectivity index is 2.07. The lowest BCUT2D eigenvalue weighted by Gasteiger charge is -1.91. The van der Waals surface area contributed by atoms with Crippen molar-refractivity contribution < 1.29 is 14.3 Å². The summed E-state index contributed by atoms with van der Waals surface area (Å²) in [5.41, 5.74) is 0. The smallest absolute Gasteiger partial charge is 0.308 e. The van der Waals surface area contributed by atoms with Crippen molar-refractivity contribution in [1.82, 2.24) is 0 Å². The van der Waals surface area contributed by atoms with Gasteiger partial charge < -0.3 is 9.47 Å². The zero-order valence-electron chi connectivity index (χ0n) is 4.72. The SMILES string of the molecule is COC(=O)CC1CO1. The molecule has 1 atom stereocenters. The molecule has 0 bridgehead atoms. The molecular formula is C5H8O3. The molecule has 0 aromatic rings. The van der Waals surface area contributed by atoms with E-state index < -0.39 is 0 Å². The van der Waals surface area contributed by atoms with Gasteiger partial charge in [-0.25, -0.2) is 0 Å². The normalized spacial score (nSPS) is 24.9. The van der Waals surface area contributed by atoms with E-state index >= 15 is 0 Å². The van der Waals surface area contributed by atoms with Crippen molar-refractivity contribution in [2.45, 2.75) is 12.5 Å². The van der Waals surface area contributed by atoms with Gasteiger partial charge in [0.25, 0.3) is 0 Å². The Morgan fingerprint density at radius 3 is 3.00 bits per heavy atom. The van der Waals surface area contributed by atoms with Crippen LogP contribution in [0.2, 0.25) is 0 Å². The van der Waals surface area contributed by atoms with Crippen LogP contribution in [-0.2, 0) is 14.3 Å². The van der Waals surface area contributed by atoms with Crippen LogP contribution in [0.1, 0.15) is 6.42 Å². The van der Waals surface area contributed by atoms with Crippen LogP contribution >= 0.6 is 0 Å². The van der Waals surface area contributed by atoms with Gasteiger partial charge in [-0.1, -0.05) is 0 Å². The van der Waals surface area contributed by atoms with Gasteiger partial charge in [0.2, 0.25) is 0 Å². The van der Waals surface area contributed by atoms with Crippen LogP contribution in [0.3, 0.4) is 0 Å². The monoisotopic (exact) mass is 116 g/mol. The van der Waals surface area contributed by atoms with Gasteiger partial charge in [0.15, 0.2) is 0 Å². The highest BCUT2D eigenvalue weighted by Gasteiger charge is 2.25. The van der Waals surface area contributed by atoms with Crippen LogP contribution in [0.15, 0.2) is 0 Å². The number of rotatable bonds is 2. The molecule has 0 saturated carbocycles. The maximum atomic E-state index is 10.4. The summed E-state index contributed by atoms with van der Waals surface area (Å²) < 4.78 is 9.16. The second-order valence-corrected chi connectivity index (χ2v) is 1.74. The minimum absolute atomic E-state index is 0.155. The van der Waals surface area contributed by atoms with E-state index in [1.54, 1.807) is 0 Å². The summed E-state index contributed by atoms with van der Waals surface area (Å²) in [6, 6.07) is 0. The highest BCUT2D eigenvalue weighted by molar-refractivity contribution is 5.70. The first kappa shape index (κ1) is 5.56. The van der Waals surface area contributed by atoms with E-state index in [4.69, 9.17) is 4.74 Å². The molecule has 8 heavy (non-hydrogen) atoms. The standard InChI is InChI=1S/C5H8O3/c1-7-5(6)2-4-3-8-4/h4H,2-3H2,1H3. The van der Waals surface area contributed by atoms with Crippen molar-refractivity contribution in [2.75, 3.05) is 13.7 Å². The molecule has 3 heteroatoms. The minimum Gasteiger partial charge on any atom is -0.469 e. The molecular weight excluding hydrogens is 108 g/mol. The molecule has 0 N–H and O–H groups in total. The molecule has 0 aliphatic carbocycles. The highest BCUT2D eigenvalue weighted by Crippen LogP contribution is 2.13. The zero-order valence-corrected chi connectivity index (χ0v) is 4.72. The summed E-state index contributed by atoms with van der Waals surface area (Å²) in [6.45, 7) is 0.717. The van der Waals surface area contributed by atoms with Crippen molar-refractivity contribution in [1.29, 1.82) is 0 Å². The summed E-state index contributed by atoms with van der Waals surface area (Å²) >= 11 is 0. The predicted octanol–water partition coefficient (Wildman–Crippen LogP) is -0.0517. The number of esters is 1. The maximum Gasteiger partial charge on any atom is 0.308 e. The first-order chi connectivity index (χ1) is 3.83. The first-order valence-electron chi connectivity index (χ1n) is 2.51. The van der Waals surface area contributed by atoms with Crippen molar-refractivity contribution >= 4 is 5.97 Å². The summed E-state index contributed by atoms with van der Waals surface area (Å²) in [6.07, 6.45) is 0.568. The largest absolute Gasteiger partial charge is 0.469 e. The molecule has 3 nitrogen and oxygen atoms in total. The molecule has 0 spiro atoms. The fourth-order valence-corrected chi connectivity index (χ4v) is 0.455. The van der Waals surface area contributed by atoms with Gasteiger partial charge in [-0.2, -0.15) is 0 Å². The summed E-state index contributed by atoms with van der Waals surface area (Å²) in [5, 5.41) is 0. The number of carbonyl (C=O) groups excluding carboxylic acids is 1. The average molecular weight is 116 g/mol. The number of carbonyl (C=O) groups is 1. The Hall–Kier alpha value is -0.570. The van der Waals surface area contributed by atoms with E-state index in [2.05, 4.69) is 4.74 Å². The molecule has 1 rings (SSSR count). The third kappa shape index (κ3) is 1.50. The van der Waals surface area contributed by atoms with E-state index in [1.807, 2.05) is 0 Å². The molecule has 1 fully saturated rings. The predicted molar refractivity (Wildman–Crippen MR) is 26.4 cm³/mol. The van der Waals surface area contributed by atoms with E-state index in [-0.39, 0.29) is 12.1 Å². The number of ether oxygens (including phenoxy) is 2. The molecule has 46 valence electrons. The van der Waals surface area contributed by atoms with Gasteiger partial charge in [-0.3, -0.25) is 4.79 Å². The Morgan fingerprint density at radius 2 is 2.62 bits per heavy atom. The third-order valence-electron chi connectivity index (χ3n) is 1.02. The molecule has 1 aliphatic rings. The van der Waals surface area contributed by atoms with E-state index in [9.17, 15) is 4.79 Å². The Morgan fingerprint density at radius 1 is 2.00 bits per heavy atom. The van der Waals surface area contributed by atoms with Crippen LogP contribution in [0, 0.1) is 0 Å². The van der Waals surface area contributed by atoms with Gasteiger partial charge in [-0.15, -0.1) is 0 Å². The summed E-state index contributed by atoms with van der Waals surface area (Å²) in [5.74, 6) is -0.187. The van der Waals surface area contributed by atoms with Crippen LogP contribution in [0.25, 0.3) is 0 Å². The fraction of sp³-hybridized carbons (Fsp3) is 0.800. The summed E-state index contributed by atoms with van der Waals surface area (Å²) in [7, 11) is 1.38. The number of hydrogen-bond acceptors (Lipinski definition) is 3. The van der Waals surface area contributed by atoms with Crippen LogP contribution < -0.4 is 0 Å². The highest BCUT2D eigenvalue weighted by atomic mass is 16.6. The van der Waals surface area contributed by atoms with Crippen molar-refractivity contribution in [3.63, 3.8) is 0 Å². The average Bonchev–Trinajstić information content (AvgIpc) is 2.50. The number of methoxy groups -OCH3 is 1. The molecule has 1 unspecified atom stereocenters. The Labute approximate surface area is 47.6 Å². The quantitative estimate of drug-likeness (QED) is 0.375. The van der Waals surface area contributed by atoms with E-state index in [1.165, 1.54) is 7.11 Å². The zero-order chi connectivity index (χ0) is 5.98. The second kappa shape index (κ2) is 2.13. The van der Waals surface area contributed by atoms with Crippen molar-refractivity contribution in [3.05, 3.63) is 0 Å². The van der Waals surface area contributed by atoms with Gasteiger partial charge in [0.1, 0.15) is 0 Å². The molecule has 1 saturated heterocycles. The molecule has 0 amide bonds. The Bertz CT molecular complexity index is 95.8. The maximum absolute atomic E-state index is 10.4. The molecule has 0 aromatic heterocycles. The minimum atomic E-state index is -0.187. The van der Waals surface area contributed by atoms with Gasteiger partial charge in [0, 0.05) is 0 Å². The fourth-order valence-electron chi connectivity index (χ4n) is 0.455. The van der Waals surface area contributed by atoms with E-state index in [0.717, 1.165) is 6.61 Å². The van der Waals surface area contributed by atoms with Crippen molar-refractivity contribution in [3.8, 4) is 0 Å². The lowest BCUT2D eigenvalue weighted by atomic mass is 10.3. The van der Waals surface area contributed by atoms with Gasteiger partial charge >= 0.3 is 5.97 Å². The molecule has 1 aliphatic heterocycles. The van der Waals surface area contributed by atoms with Gasteiger partial charge in [0.05, 0.1) is 26.2 Å². The van der Waals surface area contributed by atoms with Crippen molar-refractivity contribution in [2.24, 2.45) is 0 Å². The molecule has 0 aromatic carbocycles. The number of epoxide rings is 1. The molecule has 0 radical (unpaired) electrons. The van der Waals surface area contributed by atoms with Crippen LogP contribution in [0.5, 0.6) is 0 Å². The molecule has 1 heterocycles. The summed E-state index contributed by atoms with van der Waals surface area (Å²) in [4.78, 5) is 10.4. The lowest BCUT2D eigenvalue weighted by Crippen LogP contribution is -2.03. The van der Waals surface area contributed by atoms with E-state index in [0.29, 0.717) is 6.42 Å². The Kier molecular flexibility index (Phi) is 1.48. The topological polar surface area (TPSA) is 38.8 Å². The lowest BCUT2D eigenvalue weighted by molar-refractivity contribution is -0.140. The number of hydrogen-bond donors (Lipinski definition) is 0. The van der Waals surface area contributed by atoms with Gasteiger partial charge in [-0.05, 0) is 0 Å². The van der Waals surface area contributed by atoms with Crippen LogP contribution in [-0.4, -0.2) is 25.8 Å². The van der Waals surface area contributed by atoms with Crippen LogP contribution in [0.4, 0.5) is 0 Å². The first-order valence-corrected chi connectivity index (χ1v) is 2.51.